The maximum Gasteiger partial charge on any atom is 0.0907 e. The molecule has 0 heterocycles. The van der Waals surface area contributed by atoms with Crippen LogP contribution in [0.2, 0.25) is 0 Å². The van der Waals surface area contributed by atoms with Gasteiger partial charge in [-0.25, -0.2) is 0 Å². The molecule has 0 saturated heterocycles. The van der Waals surface area contributed by atoms with Crippen LogP contribution in [0.1, 0.15) is 56.2 Å². The second-order valence-electron chi connectivity index (χ2n) is 5.83. The van der Waals surface area contributed by atoms with Gasteiger partial charge >= 0.3 is 0 Å². The Balaban J connectivity index is 2.42. The van der Waals surface area contributed by atoms with E-state index in [1.165, 1.54) is 16.7 Å². The van der Waals surface area contributed by atoms with Crippen LogP contribution in [0.25, 0.3) is 0 Å². The third-order valence-corrected chi connectivity index (χ3v) is 3.63. The average molecular weight is 218 g/mol. The van der Waals surface area contributed by atoms with Gasteiger partial charge in [-0.15, -0.1) is 0 Å². The highest BCUT2D eigenvalue weighted by molar-refractivity contribution is 5.42. The van der Waals surface area contributed by atoms with Gasteiger partial charge in [0.2, 0.25) is 0 Å². The Morgan fingerprint density at radius 2 is 2.12 bits per heavy atom. The molecule has 1 aromatic rings. The summed E-state index contributed by atoms with van der Waals surface area (Å²) in [6.45, 7) is 8.69. The number of hydrogen-bond donors (Lipinski definition) is 1. The Hall–Kier alpha value is -0.820. The summed E-state index contributed by atoms with van der Waals surface area (Å²) in [7, 11) is 0. The quantitative estimate of drug-likeness (QED) is 0.801. The molecule has 0 amide bonds. The third kappa shape index (κ3) is 1.89. The van der Waals surface area contributed by atoms with E-state index >= 15 is 0 Å². The zero-order valence-electron chi connectivity index (χ0n) is 10.7. The number of aliphatic hydroxyl groups is 1. The van der Waals surface area contributed by atoms with Crippen LogP contribution in [-0.4, -0.2) is 5.11 Å². The summed E-state index contributed by atoms with van der Waals surface area (Å²) in [6, 6.07) is 6.47. The normalized spacial score (nSPS) is 28.5. The van der Waals surface area contributed by atoms with Crippen molar-refractivity contribution < 1.29 is 5.11 Å². The minimum atomic E-state index is -0.587. The molecular formula is C15H22O. The molecule has 0 radical (unpaired) electrons. The maximum atomic E-state index is 10.8. The van der Waals surface area contributed by atoms with Crippen LogP contribution in [0.3, 0.4) is 0 Å². The van der Waals surface area contributed by atoms with Crippen molar-refractivity contribution in [3.8, 4) is 0 Å². The number of hydrogen-bond acceptors (Lipinski definition) is 1. The van der Waals surface area contributed by atoms with Crippen LogP contribution < -0.4 is 0 Å². The third-order valence-electron chi connectivity index (χ3n) is 3.63. The molecule has 0 spiro atoms. The van der Waals surface area contributed by atoms with Crippen molar-refractivity contribution in [2.75, 3.05) is 0 Å². The van der Waals surface area contributed by atoms with Gasteiger partial charge in [0.25, 0.3) is 0 Å². The van der Waals surface area contributed by atoms with Gasteiger partial charge in [-0.2, -0.15) is 0 Å². The number of benzene rings is 1. The van der Waals surface area contributed by atoms with Crippen molar-refractivity contribution in [2.24, 2.45) is 5.92 Å². The van der Waals surface area contributed by atoms with Crippen LogP contribution >= 0.6 is 0 Å². The van der Waals surface area contributed by atoms with Gasteiger partial charge in [0.1, 0.15) is 0 Å². The highest BCUT2D eigenvalue weighted by Gasteiger charge is 2.40. The predicted molar refractivity (Wildman–Crippen MR) is 67.6 cm³/mol. The van der Waals surface area contributed by atoms with Crippen LogP contribution in [-0.2, 0) is 5.60 Å². The first kappa shape index (κ1) is 11.7. The maximum absolute atomic E-state index is 10.8. The van der Waals surface area contributed by atoms with Gasteiger partial charge in [-0.1, -0.05) is 44.5 Å². The van der Waals surface area contributed by atoms with Crippen LogP contribution in [0.5, 0.6) is 0 Å². The lowest BCUT2D eigenvalue weighted by molar-refractivity contribution is 0.0135. The topological polar surface area (TPSA) is 20.2 Å². The van der Waals surface area contributed by atoms with Crippen LogP contribution in [0.4, 0.5) is 0 Å². The summed E-state index contributed by atoms with van der Waals surface area (Å²) in [5.74, 6) is 1.02. The first-order chi connectivity index (χ1) is 7.42. The molecule has 1 aliphatic carbocycles. The molecule has 1 nitrogen and oxygen atoms in total. The zero-order chi connectivity index (χ0) is 11.9. The van der Waals surface area contributed by atoms with Gasteiger partial charge in [-0.3, -0.25) is 0 Å². The highest BCUT2D eigenvalue weighted by Crippen LogP contribution is 2.47. The van der Waals surface area contributed by atoms with Crippen molar-refractivity contribution >= 4 is 0 Å². The fourth-order valence-corrected chi connectivity index (χ4v) is 3.11. The number of aryl methyl sites for hydroxylation is 1. The molecule has 0 aromatic heterocycles. The molecule has 0 saturated carbocycles. The van der Waals surface area contributed by atoms with E-state index in [0.29, 0.717) is 11.8 Å². The first-order valence-corrected chi connectivity index (χ1v) is 6.26. The van der Waals surface area contributed by atoms with Gasteiger partial charge in [0.15, 0.2) is 0 Å². The summed E-state index contributed by atoms with van der Waals surface area (Å²) in [4.78, 5) is 0. The summed E-state index contributed by atoms with van der Waals surface area (Å²) in [5, 5.41) is 10.8. The molecule has 0 aliphatic heterocycles. The van der Waals surface area contributed by atoms with Crippen LogP contribution in [0.15, 0.2) is 18.2 Å². The second kappa shape index (κ2) is 3.89. The predicted octanol–water partition coefficient (Wildman–Crippen LogP) is 3.74. The fourth-order valence-electron chi connectivity index (χ4n) is 3.11. The largest absolute Gasteiger partial charge is 0.385 e. The van der Waals surface area contributed by atoms with Crippen molar-refractivity contribution in [1.82, 2.24) is 0 Å². The lowest BCUT2D eigenvalue weighted by atomic mass is 9.86. The summed E-state index contributed by atoms with van der Waals surface area (Å²) >= 11 is 0. The van der Waals surface area contributed by atoms with E-state index in [0.717, 1.165) is 12.8 Å². The zero-order valence-corrected chi connectivity index (χ0v) is 10.7. The van der Waals surface area contributed by atoms with E-state index in [9.17, 15) is 5.11 Å². The van der Waals surface area contributed by atoms with Gasteiger partial charge in [0, 0.05) is 0 Å². The Morgan fingerprint density at radius 3 is 2.75 bits per heavy atom. The average Bonchev–Trinajstić information content (AvgIpc) is 2.37. The van der Waals surface area contributed by atoms with Crippen molar-refractivity contribution in [3.63, 3.8) is 0 Å². The molecule has 2 atom stereocenters. The van der Waals surface area contributed by atoms with E-state index in [1.54, 1.807) is 0 Å². The molecule has 16 heavy (non-hydrogen) atoms. The summed E-state index contributed by atoms with van der Waals surface area (Å²) in [6.07, 6.45) is 1.75. The molecule has 2 unspecified atom stereocenters. The van der Waals surface area contributed by atoms with Crippen LogP contribution in [0, 0.1) is 12.8 Å². The Kier molecular flexibility index (Phi) is 2.83. The lowest BCUT2D eigenvalue weighted by Crippen LogP contribution is -2.24. The minimum Gasteiger partial charge on any atom is -0.385 e. The minimum absolute atomic E-state index is 0.485. The molecule has 0 fully saturated rings. The number of fused-ring (bicyclic) bond motifs is 1. The van der Waals surface area contributed by atoms with Gasteiger partial charge in [0.05, 0.1) is 5.60 Å². The van der Waals surface area contributed by atoms with E-state index < -0.39 is 5.60 Å². The summed E-state index contributed by atoms with van der Waals surface area (Å²) < 4.78 is 0. The van der Waals surface area contributed by atoms with Crippen molar-refractivity contribution in [3.05, 3.63) is 34.9 Å². The molecule has 1 aliphatic rings. The lowest BCUT2D eigenvalue weighted by Gasteiger charge is -2.26. The van der Waals surface area contributed by atoms with E-state index in [-0.39, 0.29) is 0 Å². The standard InChI is InChI=1S/C15H22O/c1-10(2)8-15(16)9-12(4)13-7-11(3)5-6-14(13)15/h5-7,10,12,16H,8-9H2,1-4H3. The molecule has 0 bridgehead atoms. The smallest absolute Gasteiger partial charge is 0.0907 e. The van der Waals surface area contributed by atoms with E-state index in [2.05, 4.69) is 45.9 Å². The van der Waals surface area contributed by atoms with Gasteiger partial charge in [-0.05, 0) is 42.7 Å². The Labute approximate surface area is 98.5 Å². The fraction of sp³-hybridized carbons (Fsp3) is 0.600. The van der Waals surface area contributed by atoms with Crippen molar-refractivity contribution in [2.45, 2.75) is 52.1 Å². The monoisotopic (exact) mass is 218 g/mol. The van der Waals surface area contributed by atoms with Crippen molar-refractivity contribution in [1.29, 1.82) is 0 Å². The molecule has 1 N–H and O–H groups in total. The second-order valence-corrected chi connectivity index (χ2v) is 5.83. The number of rotatable bonds is 2. The first-order valence-electron chi connectivity index (χ1n) is 6.26. The Bertz CT molecular complexity index is 394. The SMILES string of the molecule is Cc1ccc2c(c1)C(C)CC2(O)CC(C)C. The highest BCUT2D eigenvalue weighted by atomic mass is 16.3. The molecule has 2 rings (SSSR count). The molecule has 88 valence electrons. The van der Waals surface area contributed by atoms with E-state index in [1.807, 2.05) is 0 Å². The summed E-state index contributed by atoms with van der Waals surface area (Å²) in [5.41, 5.74) is 3.22. The molecule has 1 heteroatoms. The Morgan fingerprint density at radius 1 is 1.44 bits per heavy atom. The molecule has 1 aromatic carbocycles. The molecular weight excluding hydrogens is 196 g/mol. The van der Waals surface area contributed by atoms with Gasteiger partial charge < -0.3 is 5.11 Å². The van der Waals surface area contributed by atoms with E-state index in [4.69, 9.17) is 0 Å².